The largest absolute Gasteiger partial charge is 0.337 e. The van der Waals surface area contributed by atoms with E-state index >= 15 is 0 Å². The average Bonchev–Trinajstić information content (AvgIpc) is 2.60. The molecule has 4 nitrogen and oxygen atoms in total. The van der Waals surface area contributed by atoms with Crippen LogP contribution in [0.15, 0.2) is 48.5 Å². The van der Waals surface area contributed by atoms with Crippen LogP contribution in [0.2, 0.25) is 0 Å². The van der Waals surface area contributed by atoms with Crippen LogP contribution in [0.3, 0.4) is 0 Å². The van der Waals surface area contributed by atoms with Crippen LogP contribution in [0.1, 0.15) is 19.4 Å². The number of carbonyl (C=O) groups excluding carboxylic acids is 2. The number of benzene rings is 2. The second-order valence-electron chi connectivity index (χ2n) is 5.60. The van der Waals surface area contributed by atoms with E-state index in [1.54, 1.807) is 4.90 Å². The zero-order chi connectivity index (χ0) is 18.4. The molecule has 2 aromatic rings. The van der Waals surface area contributed by atoms with Crippen LogP contribution in [0.5, 0.6) is 0 Å². The van der Waals surface area contributed by atoms with Gasteiger partial charge < -0.3 is 9.80 Å². The summed E-state index contributed by atoms with van der Waals surface area (Å²) in [6, 6.07) is 12.6. The van der Waals surface area contributed by atoms with Crippen molar-refractivity contribution in [3.63, 3.8) is 0 Å². The zero-order valence-corrected chi connectivity index (χ0v) is 14.2. The number of hydrogen-bond acceptors (Lipinski definition) is 2. The molecule has 25 heavy (non-hydrogen) atoms. The van der Waals surface area contributed by atoms with E-state index in [-0.39, 0.29) is 18.1 Å². The van der Waals surface area contributed by atoms with Gasteiger partial charge >= 0.3 is 0 Å². The zero-order valence-electron chi connectivity index (χ0n) is 14.2. The molecule has 0 bridgehead atoms. The molecule has 2 rings (SSSR count). The van der Waals surface area contributed by atoms with Crippen molar-refractivity contribution in [3.05, 3.63) is 65.7 Å². The Morgan fingerprint density at radius 1 is 1.00 bits per heavy atom. The number of rotatable bonds is 6. The average molecular weight is 346 g/mol. The number of amides is 2. The first-order valence-electron chi connectivity index (χ1n) is 7.97. The lowest BCUT2D eigenvalue weighted by Gasteiger charge is -2.26. The van der Waals surface area contributed by atoms with Gasteiger partial charge in [-0.05, 0) is 24.6 Å². The second kappa shape index (κ2) is 8.37. The Balaban J connectivity index is 2.15. The lowest BCUT2D eigenvalue weighted by atomic mass is 10.2. The van der Waals surface area contributed by atoms with E-state index in [4.69, 9.17) is 0 Å². The van der Waals surface area contributed by atoms with Crippen LogP contribution in [0.4, 0.5) is 14.5 Å². The summed E-state index contributed by atoms with van der Waals surface area (Å²) in [5.74, 6) is -2.76. The van der Waals surface area contributed by atoms with E-state index in [0.29, 0.717) is 13.1 Å². The molecule has 0 unspecified atom stereocenters. The highest BCUT2D eigenvalue weighted by molar-refractivity contribution is 5.97. The van der Waals surface area contributed by atoms with Crippen molar-refractivity contribution < 1.29 is 18.4 Å². The number of halogens is 2. The third-order valence-electron chi connectivity index (χ3n) is 3.84. The van der Waals surface area contributed by atoms with Gasteiger partial charge in [0.15, 0.2) is 11.6 Å². The first kappa shape index (κ1) is 18.6. The topological polar surface area (TPSA) is 40.6 Å². The van der Waals surface area contributed by atoms with Gasteiger partial charge in [-0.15, -0.1) is 0 Å². The van der Waals surface area contributed by atoms with Gasteiger partial charge in [0.2, 0.25) is 11.8 Å². The van der Waals surface area contributed by atoms with E-state index in [0.717, 1.165) is 22.6 Å². The smallest absolute Gasteiger partial charge is 0.242 e. The van der Waals surface area contributed by atoms with Gasteiger partial charge in [0, 0.05) is 31.8 Å². The number of carbonyl (C=O) groups is 2. The maximum absolute atomic E-state index is 13.4. The molecular weight excluding hydrogens is 326 g/mol. The predicted octanol–water partition coefficient (Wildman–Crippen LogP) is 3.37. The van der Waals surface area contributed by atoms with E-state index in [9.17, 15) is 18.4 Å². The quantitative estimate of drug-likeness (QED) is 0.805. The fraction of sp³-hybridized carbons (Fsp3) is 0.263. The number of hydrogen-bond donors (Lipinski definition) is 0. The Morgan fingerprint density at radius 2 is 1.68 bits per heavy atom. The summed E-state index contributed by atoms with van der Waals surface area (Å²) in [5.41, 5.74) is 1.12. The molecule has 0 N–H and O–H groups in total. The summed E-state index contributed by atoms with van der Waals surface area (Å²) in [5, 5.41) is 0. The Labute approximate surface area is 145 Å². The maximum Gasteiger partial charge on any atom is 0.242 e. The van der Waals surface area contributed by atoms with Gasteiger partial charge in [0.05, 0.1) is 0 Å². The van der Waals surface area contributed by atoms with E-state index in [1.807, 2.05) is 37.3 Å². The number of nitrogens with zero attached hydrogens (tertiary/aromatic N) is 2. The van der Waals surface area contributed by atoms with Crippen molar-refractivity contribution in [2.24, 2.45) is 0 Å². The monoisotopic (exact) mass is 346 g/mol. The highest BCUT2D eigenvalue weighted by atomic mass is 19.2. The molecule has 2 amide bonds. The predicted molar refractivity (Wildman–Crippen MR) is 91.9 cm³/mol. The molecule has 0 heterocycles. The Kier molecular flexibility index (Phi) is 6.22. The molecule has 0 aliphatic carbocycles. The summed E-state index contributed by atoms with van der Waals surface area (Å²) in [6.07, 6.45) is 0. The van der Waals surface area contributed by atoms with Crippen molar-refractivity contribution >= 4 is 17.5 Å². The number of anilines is 1. The normalized spacial score (nSPS) is 10.4. The van der Waals surface area contributed by atoms with Crippen molar-refractivity contribution in [1.29, 1.82) is 0 Å². The molecule has 6 heteroatoms. The maximum atomic E-state index is 13.4. The van der Waals surface area contributed by atoms with Crippen molar-refractivity contribution in [3.8, 4) is 0 Å². The van der Waals surface area contributed by atoms with Crippen LogP contribution in [-0.2, 0) is 16.1 Å². The van der Waals surface area contributed by atoms with Crippen LogP contribution < -0.4 is 4.90 Å². The van der Waals surface area contributed by atoms with Crippen LogP contribution >= 0.6 is 0 Å². The molecule has 0 aromatic heterocycles. The highest BCUT2D eigenvalue weighted by Crippen LogP contribution is 2.18. The molecule has 0 fully saturated rings. The molecule has 0 radical (unpaired) electrons. The van der Waals surface area contributed by atoms with E-state index in [1.165, 1.54) is 13.0 Å². The minimum absolute atomic E-state index is 0.149. The van der Waals surface area contributed by atoms with Crippen molar-refractivity contribution in [2.75, 3.05) is 18.0 Å². The first-order valence-corrected chi connectivity index (χ1v) is 7.97. The summed E-state index contributed by atoms with van der Waals surface area (Å²) < 4.78 is 26.5. The highest BCUT2D eigenvalue weighted by Gasteiger charge is 2.21. The molecule has 0 spiro atoms. The second-order valence-corrected chi connectivity index (χ2v) is 5.60. The molecule has 2 aromatic carbocycles. The minimum Gasteiger partial charge on any atom is -0.337 e. The molecule has 0 aliphatic rings. The van der Waals surface area contributed by atoms with Gasteiger partial charge in [-0.3, -0.25) is 9.59 Å². The third kappa shape index (κ3) is 4.86. The van der Waals surface area contributed by atoms with Gasteiger partial charge in [-0.2, -0.15) is 0 Å². The van der Waals surface area contributed by atoms with Gasteiger partial charge in [-0.25, -0.2) is 8.78 Å². The third-order valence-corrected chi connectivity index (χ3v) is 3.84. The van der Waals surface area contributed by atoms with Gasteiger partial charge in [0.25, 0.3) is 0 Å². The fourth-order valence-electron chi connectivity index (χ4n) is 2.45. The minimum atomic E-state index is -1.06. The summed E-state index contributed by atoms with van der Waals surface area (Å²) in [6.45, 7) is 3.77. The first-order chi connectivity index (χ1) is 11.9. The van der Waals surface area contributed by atoms with E-state index in [2.05, 4.69) is 0 Å². The summed E-state index contributed by atoms with van der Waals surface area (Å²) >= 11 is 0. The summed E-state index contributed by atoms with van der Waals surface area (Å²) in [4.78, 5) is 27.2. The van der Waals surface area contributed by atoms with E-state index < -0.39 is 17.5 Å². The molecule has 0 atom stereocenters. The Morgan fingerprint density at radius 3 is 2.24 bits per heavy atom. The number of likely N-dealkylation sites (N-methyl/N-ethyl adjacent to an activating group) is 1. The van der Waals surface area contributed by atoms with Gasteiger partial charge in [0.1, 0.15) is 6.54 Å². The molecule has 0 aliphatic heterocycles. The SMILES string of the molecule is CCN(Cc1ccccc1)C(=O)CN(C(C)=O)c1ccc(F)c(F)c1. The Bertz CT molecular complexity index is 750. The molecule has 132 valence electrons. The fourth-order valence-corrected chi connectivity index (χ4v) is 2.45. The standard InChI is InChI=1S/C19H20F2N2O2/c1-3-22(12-15-7-5-4-6-8-15)19(25)13-23(14(2)24)16-9-10-17(20)18(21)11-16/h4-11H,3,12-13H2,1-2H3. The summed E-state index contributed by atoms with van der Waals surface area (Å²) in [7, 11) is 0. The van der Waals surface area contributed by atoms with Crippen molar-refractivity contribution in [2.45, 2.75) is 20.4 Å². The molecule has 0 saturated carbocycles. The lowest BCUT2D eigenvalue weighted by molar-refractivity contribution is -0.131. The molecule has 0 saturated heterocycles. The van der Waals surface area contributed by atoms with Gasteiger partial charge in [-0.1, -0.05) is 30.3 Å². The van der Waals surface area contributed by atoms with Crippen LogP contribution in [0, 0.1) is 11.6 Å². The lowest BCUT2D eigenvalue weighted by Crippen LogP contribution is -2.42. The molecular formula is C19H20F2N2O2. The van der Waals surface area contributed by atoms with Crippen molar-refractivity contribution in [1.82, 2.24) is 4.90 Å². The van der Waals surface area contributed by atoms with Crippen LogP contribution in [-0.4, -0.2) is 29.8 Å². The Hall–Kier alpha value is -2.76. The van der Waals surface area contributed by atoms with Crippen LogP contribution in [0.25, 0.3) is 0 Å².